The molecule has 2 N–H and O–H groups in total. The zero-order valence-electron chi connectivity index (χ0n) is 17.2. The molecule has 2 aliphatic carbocycles. The molecule has 162 valence electrons. The lowest BCUT2D eigenvalue weighted by Gasteiger charge is -2.32. The molecule has 0 aliphatic heterocycles. The van der Waals surface area contributed by atoms with Gasteiger partial charge in [0.15, 0.2) is 29.6 Å². The minimum atomic E-state index is -0.397. The molecule has 5 atom stereocenters. The molecule has 2 aliphatic rings. The van der Waals surface area contributed by atoms with Crippen LogP contribution in [-0.2, 0) is 20.7 Å². The molecule has 0 spiro atoms. The summed E-state index contributed by atoms with van der Waals surface area (Å²) in [4.78, 5) is 11.4. The van der Waals surface area contributed by atoms with Crippen LogP contribution in [0.4, 0.5) is 0 Å². The van der Waals surface area contributed by atoms with E-state index in [1.807, 2.05) is 12.1 Å². The maximum absolute atomic E-state index is 11.4. The van der Waals surface area contributed by atoms with Gasteiger partial charge in [-0.15, -0.1) is 0 Å². The molecule has 29 heavy (non-hydrogen) atoms. The van der Waals surface area contributed by atoms with Crippen molar-refractivity contribution in [1.82, 2.24) is 0 Å². The fourth-order valence-electron chi connectivity index (χ4n) is 5.26. The Balaban J connectivity index is 1.62. The summed E-state index contributed by atoms with van der Waals surface area (Å²) in [7, 11) is 0. The van der Waals surface area contributed by atoms with Gasteiger partial charge in [-0.05, 0) is 73.5 Å². The summed E-state index contributed by atoms with van der Waals surface area (Å²) >= 11 is 1.57. The van der Waals surface area contributed by atoms with Crippen LogP contribution in [0.3, 0.4) is 0 Å². The van der Waals surface area contributed by atoms with Gasteiger partial charge in [0.25, 0.3) is 0 Å². The van der Waals surface area contributed by atoms with Crippen LogP contribution in [0.25, 0.3) is 0 Å². The lowest BCUT2D eigenvalue weighted by Crippen LogP contribution is -2.28. The van der Waals surface area contributed by atoms with Crippen molar-refractivity contribution in [1.29, 1.82) is 0 Å². The molecule has 3 rings (SSSR count). The molecule has 1 aromatic carbocycles. The second-order valence-electron chi connectivity index (χ2n) is 8.66. The maximum atomic E-state index is 11.4. The Morgan fingerprint density at radius 2 is 2.10 bits per heavy atom. The van der Waals surface area contributed by atoms with Gasteiger partial charge in [-0.25, -0.2) is 4.79 Å². The van der Waals surface area contributed by atoms with Crippen molar-refractivity contribution >= 4 is 29.0 Å². The Labute approximate surface area is 187 Å². The summed E-state index contributed by atoms with van der Waals surface area (Å²) in [6.07, 6.45) is 8.04. The Morgan fingerprint density at radius 1 is 1.28 bits per heavy atom. The second-order valence-corrected chi connectivity index (χ2v) is 9.10. The largest absolute Gasteiger partial charge is 0.482 e. The van der Waals surface area contributed by atoms with Gasteiger partial charge < -0.3 is 18.0 Å². The summed E-state index contributed by atoms with van der Waals surface area (Å²) in [6.45, 7) is 2.09. The Morgan fingerprint density at radius 3 is 2.86 bits per heavy atom. The number of ether oxygens (including phenoxy) is 1. The Hall–Kier alpha value is -0.860. The van der Waals surface area contributed by atoms with Crippen LogP contribution < -0.4 is 4.74 Å². The van der Waals surface area contributed by atoms with Gasteiger partial charge in [-0.3, -0.25) is 0 Å². The van der Waals surface area contributed by atoms with Crippen LogP contribution in [0.15, 0.2) is 18.2 Å². The predicted molar refractivity (Wildman–Crippen MR) is 120 cm³/mol. The van der Waals surface area contributed by atoms with Crippen LogP contribution in [0.1, 0.15) is 63.0 Å². The fourth-order valence-corrected chi connectivity index (χ4v) is 5.38. The summed E-state index contributed by atoms with van der Waals surface area (Å²) in [5.41, 5.74) is 2.43. The zero-order chi connectivity index (χ0) is 20.8. The molecule has 5 nitrogen and oxygen atoms in total. The van der Waals surface area contributed by atoms with E-state index in [1.54, 1.807) is 23.0 Å². The number of aliphatic hydroxyl groups is 2. The SMILES string of the molecule is CCCCC[C@H](O)CC[C@@H]1[C@H]2Cc3cccc(OCC(=O)OI)c3C[C@H]2C[C@H]1O. The Kier molecular flexibility index (Phi) is 8.62. The molecule has 0 aromatic heterocycles. The van der Waals surface area contributed by atoms with Crippen molar-refractivity contribution in [2.24, 2.45) is 17.8 Å². The molecule has 0 bridgehead atoms. The first kappa shape index (κ1) is 22.8. The van der Waals surface area contributed by atoms with Crippen molar-refractivity contribution in [3.8, 4) is 5.75 Å². The number of halogens is 1. The molecular weight excluding hydrogens is 483 g/mol. The molecule has 0 heterocycles. The van der Waals surface area contributed by atoms with E-state index in [0.717, 1.165) is 50.7 Å². The molecule has 1 fully saturated rings. The summed E-state index contributed by atoms with van der Waals surface area (Å²) in [5, 5.41) is 21.0. The fraction of sp³-hybridized carbons (Fsp3) is 0.696. The third-order valence-electron chi connectivity index (χ3n) is 6.75. The summed E-state index contributed by atoms with van der Waals surface area (Å²) in [5.74, 6) is 1.50. The minimum absolute atomic E-state index is 0.0886. The normalized spacial score (nSPS) is 26.5. The number of carbonyl (C=O) groups is 1. The van der Waals surface area contributed by atoms with Crippen molar-refractivity contribution in [2.45, 2.75) is 76.9 Å². The zero-order valence-corrected chi connectivity index (χ0v) is 19.3. The third-order valence-corrected chi connectivity index (χ3v) is 7.24. The number of hydrogen-bond donors (Lipinski definition) is 2. The van der Waals surface area contributed by atoms with Crippen LogP contribution in [-0.4, -0.2) is 35.0 Å². The number of benzene rings is 1. The van der Waals surface area contributed by atoms with E-state index in [4.69, 9.17) is 4.74 Å². The highest BCUT2D eigenvalue weighted by molar-refractivity contribution is 14.1. The van der Waals surface area contributed by atoms with Gasteiger partial charge in [0.05, 0.1) is 12.2 Å². The number of carbonyl (C=O) groups excluding carboxylic acids is 1. The molecule has 6 heteroatoms. The quantitative estimate of drug-likeness (QED) is 0.357. The van der Waals surface area contributed by atoms with E-state index in [9.17, 15) is 15.0 Å². The number of hydrogen-bond acceptors (Lipinski definition) is 5. The van der Waals surface area contributed by atoms with E-state index in [1.165, 1.54) is 24.0 Å². The number of fused-ring (bicyclic) bond motifs is 2. The topological polar surface area (TPSA) is 76.0 Å². The van der Waals surface area contributed by atoms with Crippen molar-refractivity contribution in [3.63, 3.8) is 0 Å². The van der Waals surface area contributed by atoms with Crippen molar-refractivity contribution < 1.29 is 22.8 Å². The molecule has 0 amide bonds. The molecule has 1 aromatic rings. The predicted octanol–water partition coefficient (Wildman–Crippen LogP) is 4.39. The molecule has 0 radical (unpaired) electrons. The van der Waals surface area contributed by atoms with Crippen LogP contribution in [0.5, 0.6) is 5.75 Å². The van der Waals surface area contributed by atoms with E-state index in [0.29, 0.717) is 11.8 Å². The average molecular weight is 516 g/mol. The van der Waals surface area contributed by atoms with Crippen LogP contribution >= 0.6 is 23.0 Å². The highest BCUT2D eigenvalue weighted by atomic mass is 127. The smallest absolute Gasteiger partial charge is 0.353 e. The highest BCUT2D eigenvalue weighted by Gasteiger charge is 2.44. The number of aliphatic hydroxyl groups excluding tert-OH is 2. The number of unbranched alkanes of at least 4 members (excludes halogenated alkanes) is 2. The van der Waals surface area contributed by atoms with Gasteiger partial charge in [0, 0.05) is 0 Å². The molecule has 1 saturated carbocycles. The highest BCUT2D eigenvalue weighted by Crippen LogP contribution is 2.48. The monoisotopic (exact) mass is 516 g/mol. The van der Waals surface area contributed by atoms with Crippen molar-refractivity contribution in [3.05, 3.63) is 29.3 Å². The van der Waals surface area contributed by atoms with Crippen LogP contribution in [0, 0.1) is 17.8 Å². The van der Waals surface area contributed by atoms with E-state index >= 15 is 0 Å². The van der Waals surface area contributed by atoms with Gasteiger partial charge in [-0.2, -0.15) is 0 Å². The van der Waals surface area contributed by atoms with E-state index in [2.05, 4.69) is 16.1 Å². The number of rotatable bonds is 10. The summed E-state index contributed by atoms with van der Waals surface area (Å²) in [6, 6.07) is 6.02. The van der Waals surface area contributed by atoms with Gasteiger partial charge in [0.2, 0.25) is 0 Å². The molecule has 0 saturated heterocycles. The van der Waals surface area contributed by atoms with Crippen molar-refractivity contribution in [2.75, 3.05) is 6.61 Å². The molecular formula is C23H33IO5. The standard InChI is InChI=1S/C23H33IO5/c1-2-3-4-7-17(25)9-10-18-19-11-15-6-5-8-22(28-14-23(27)29-24)20(15)12-16(19)13-21(18)26/h5-6,8,16-19,21,25-26H,2-4,7,9-14H2,1H3/t16-,17-,18+,19-,21+/m0/s1. The van der Waals surface area contributed by atoms with E-state index in [-0.39, 0.29) is 24.7 Å². The van der Waals surface area contributed by atoms with E-state index < -0.39 is 5.97 Å². The Bertz CT molecular complexity index is 679. The first-order chi connectivity index (χ1) is 14.0. The average Bonchev–Trinajstić information content (AvgIpc) is 3.02. The van der Waals surface area contributed by atoms with Gasteiger partial charge in [-0.1, -0.05) is 38.3 Å². The summed E-state index contributed by atoms with van der Waals surface area (Å²) < 4.78 is 10.4. The first-order valence-corrected chi connectivity index (χ1v) is 11.8. The first-order valence-electron chi connectivity index (χ1n) is 10.9. The molecule has 0 unspecified atom stereocenters. The maximum Gasteiger partial charge on any atom is 0.353 e. The third kappa shape index (κ3) is 5.85. The van der Waals surface area contributed by atoms with Gasteiger partial charge >= 0.3 is 5.97 Å². The lowest BCUT2D eigenvalue weighted by atomic mass is 9.73. The second kappa shape index (κ2) is 11.0. The van der Waals surface area contributed by atoms with Crippen LogP contribution in [0.2, 0.25) is 0 Å². The van der Waals surface area contributed by atoms with Gasteiger partial charge in [0.1, 0.15) is 5.75 Å². The lowest BCUT2D eigenvalue weighted by molar-refractivity contribution is -0.133. The minimum Gasteiger partial charge on any atom is -0.482 e.